The van der Waals surface area contributed by atoms with Crippen LogP contribution in [0.5, 0.6) is 0 Å². The number of amides is 1. The molecule has 1 aliphatic rings. The molecule has 0 radical (unpaired) electrons. The lowest BCUT2D eigenvalue weighted by molar-refractivity contribution is -0.121. The second-order valence-corrected chi connectivity index (χ2v) is 5.72. The van der Waals surface area contributed by atoms with Gasteiger partial charge in [0.05, 0.1) is 6.54 Å². The van der Waals surface area contributed by atoms with Gasteiger partial charge >= 0.3 is 0 Å². The van der Waals surface area contributed by atoms with Gasteiger partial charge in [-0.3, -0.25) is 4.79 Å². The molecule has 1 amide bonds. The minimum atomic E-state index is 0.0737. The summed E-state index contributed by atoms with van der Waals surface area (Å²) in [6, 6.07) is 11.7. The summed E-state index contributed by atoms with van der Waals surface area (Å²) in [6.45, 7) is 2.50. The standard InChI is InChI=1S/C17H21N3O2/c21-17(7-6-13-8-9-18-11-13)19-12-15-10-16(20-22-15)14-4-2-1-3-5-14/h1-5,10,13,18H,6-9,11-12H2,(H,19,21). The number of hydrogen-bond donors (Lipinski definition) is 2. The van der Waals surface area contributed by atoms with Crippen molar-refractivity contribution in [1.29, 1.82) is 0 Å². The molecule has 116 valence electrons. The van der Waals surface area contributed by atoms with Gasteiger partial charge in [0.15, 0.2) is 5.76 Å². The van der Waals surface area contributed by atoms with Crippen molar-refractivity contribution in [3.63, 3.8) is 0 Å². The molecule has 1 aromatic heterocycles. The van der Waals surface area contributed by atoms with Gasteiger partial charge in [0.1, 0.15) is 5.69 Å². The Kier molecular flexibility index (Phi) is 4.85. The SMILES string of the molecule is O=C(CCC1CCNC1)NCc1cc(-c2ccccc2)no1. The van der Waals surface area contributed by atoms with E-state index in [-0.39, 0.29) is 5.91 Å². The third-order valence-corrected chi connectivity index (χ3v) is 4.03. The van der Waals surface area contributed by atoms with Crippen molar-refractivity contribution in [3.8, 4) is 11.3 Å². The summed E-state index contributed by atoms with van der Waals surface area (Å²) >= 11 is 0. The number of carbonyl (C=O) groups excluding carboxylic acids is 1. The van der Waals surface area contributed by atoms with Crippen molar-refractivity contribution in [3.05, 3.63) is 42.2 Å². The van der Waals surface area contributed by atoms with Gasteiger partial charge < -0.3 is 15.2 Å². The molecule has 1 aliphatic heterocycles. The highest BCUT2D eigenvalue weighted by Gasteiger charge is 2.15. The lowest BCUT2D eigenvalue weighted by atomic mass is 10.0. The van der Waals surface area contributed by atoms with Crippen LogP contribution in [-0.4, -0.2) is 24.2 Å². The first kappa shape index (κ1) is 14.8. The zero-order chi connectivity index (χ0) is 15.2. The van der Waals surface area contributed by atoms with E-state index >= 15 is 0 Å². The Balaban J connectivity index is 1.45. The van der Waals surface area contributed by atoms with Gasteiger partial charge in [-0.25, -0.2) is 0 Å². The lowest BCUT2D eigenvalue weighted by Crippen LogP contribution is -2.23. The number of rotatable bonds is 6. The molecule has 2 heterocycles. The molecule has 1 saturated heterocycles. The predicted molar refractivity (Wildman–Crippen MR) is 84.0 cm³/mol. The highest BCUT2D eigenvalue weighted by atomic mass is 16.5. The molecule has 1 unspecified atom stereocenters. The maximum atomic E-state index is 11.9. The minimum absolute atomic E-state index is 0.0737. The first-order valence-corrected chi connectivity index (χ1v) is 7.79. The molecular weight excluding hydrogens is 278 g/mol. The van der Waals surface area contributed by atoms with Gasteiger partial charge in [-0.1, -0.05) is 35.5 Å². The van der Waals surface area contributed by atoms with E-state index in [2.05, 4.69) is 15.8 Å². The lowest BCUT2D eigenvalue weighted by Gasteiger charge is -2.07. The topological polar surface area (TPSA) is 67.2 Å². The number of hydrogen-bond acceptors (Lipinski definition) is 4. The molecule has 0 saturated carbocycles. The van der Waals surface area contributed by atoms with Crippen LogP contribution in [0.25, 0.3) is 11.3 Å². The van der Waals surface area contributed by atoms with Gasteiger partial charge in [0.25, 0.3) is 0 Å². The van der Waals surface area contributed by atoms with Crippen molar-refractivity contribution in [2.75, 3.05) is 13.1 Å². The molecule has 1 fully saturated rings. The third-order valence-electron chi connectivity index (χ3n) is 4.03. The second kappa shape index (κ2) is 7.22. The van der Waals surface area contributed by atoms with Gasteiger partial charge in [0, 0.05) is 18.1 Å². The average molecular weight is 299 g/mol. The van der Waals surface area contributed by atoms with E-state index in [1.165, 1.54) is 6.42 Å². The maximum Gasteiger partial charge on any atom is 0.220 e. The Hall–Kier alpha value is -2.14. The number of nitrogens with zero attached hydrogens (tertiary/aromatic N) is 1. The van der Waals surface area contributed by atoms with Crippen LogP contribution in [0, 0.1) is 5.92 Å². The Morgan fingerprint density at radius 3 is 3.00 bits per heavy atom. The zero-order valence-electron chi connectivity index (χ0n) is 12.5. The van der Waals surface area contributed by atoms with Crippen molar-refractivity contribution < 1.29 is 9.32 Å². The molecule has 3 rings (SSSR count). The van der Waals surface area contributed by atoms with Crippen LogP contribution in [0.2, 0.25) is 0 Å². The average Bonchev–Trinajstić information content (AvgIpc) is 3.23. The van der Waals surface area contributed by atoms with Crippen LogP contribution in [0.15, 0.2) is 40.9 Å². The van der Waals surface area contributed by atoms with E-state index in [9.17, 15) is 4.79 Å². The predicted octanol–water partition coefficient (Wildman–Crippen LogP) is 2.35. The zero-order valence-corrected chi connectivity index (χ0v) is 12.5. The summed E-state index contributed by atoms with van der Waals surface area (Å²) < 4.78 is 5.27. The van der Waals surface area contributed by atoms with E-state index in [0.717, 1.165) is 30.8 Å². The highest BCUT2D eigenvalue weighted by Crippen LogP contribution is 2.18. The first-order valence-electron chi connectivity index (χ1n) is 7.79. The molecule has 0 bridgehead atoms. The largest absolute Gasteiger partial charge is 0.359 e. The third kappa shape index (κ3) is 3.95. The molecule has 0 aliphatic carbocycles. The minimum Gasteiger partial charge on any atom is -0.359 e. The summed E-state index contributed by atoms with van der Waals surface area (Å²) in [7, 11) is 0. The monoisotopic (exact) mass is 299 g/mol. The summed E-state index contributed by atoms with van der Waals surface area (Å²) in [5.74, 6) is 1.39. The smallest absolute Gasteiger partial charge is 0.220 e. The maximum absolute atomic E-state index is 11.9. The molecular formula is C17H21N3O2. The number of benzene rings is 1. The normalized spacial score (nSPS) is 17.5. The fourth-order valence-electron chi connectivity index (χ4n) is 2.71. The molecule has 5 nitrogen and oxygen atoms in total. The van der Waals surface area contributed by atoms with E-state index in [1.54, 1.807) is 0 Å². The Morgan fingerprint density at radius 2 is 2.23 bits per heavy atom. The fraction of sp³-hybridized carbons (Fsp3) is 0.412. The number of nitrogens with one attached hydrogen (secondary N) is 2. The Morgan fingerprint density at radius 1 is 1.36 bits per heavy atom. The van der Waals surface area contributed by atoms with E-state index in [0.29, 0.717) is 24.6 Å². The van der Waals surface area contributed by atoms with Crippen molar-refractivity contribution in [1.82, 2.24) is 15.8 Å². The molecule has 2 aromatic rings. The quantitative estimate of drug-likeness (QED) is 0.859. The van der Waals surface area contributed by atoms with Gasteiger partial charge in [-0.05, 0) is 31.8 Å². The van der Waals surface area contributed by atoms with Crippen LogP contribution < -0.4 is 10.6 Å². The second-order valence-electron chi connectivity index (χ2n) is 5.72. The van der Waals surface area contributed by atoms with Gasteiger partial charge in [-0.15, -0.1) is 0 Å². The summed E-state index contributed by atoms with van der Waals surface area (Å²) in [6.07, 6.45) is 2.70. The van der Waals surface area contributed by atoms with E-state index in [4.69, 9.17) is 4.52 Å². The van der Waals surface area contributed by atoms with Crippen molar-refractivity contribution in [2.45, 2.75) is 25.8 Å². The van der Waals surface area contributed by atoms with E-state index < -0.39 is 0 Å². The van der Waals surface area contributed by atoms with Crippen LogP contribution in [0.1, 0.15) is 25.0 Å². The Bertz CT molecular complexity index is 603. The Labute approximate surface area is 130 Å². The summed E-state index contributed by atoms with van der Waals surface area (Å²) in [5, 5.41) is 10.3. The number of carbonyl (C=O) groups is 1. The van der Waals surface area contributed by atoms with E-state index in [1.807, 2.05) is 36.4 Å². The van der Waals surface area contributed by atoms with Crippen molar-refractivity contribution in [2.24, 2.45) is 5.92 Å². The van der Waals surface area contributed by atoms with Crippen LogP contribution >= 0.6 is 0 Å². The van der Waals surface area contributed by atoms with Crippen LogP contribution in [-0.2, 0) is 11.3 Å². The molecule has 5 heteroatoms. The summed E-state index contributed by atoms with van der Waals surface area (Å²) in [5.41, 5.74) is 1.81. The van der Waals surface area contributed by atoms with Crippen LogP contribution in [0.4, 0.5) is 0 Å². The van der Waals surface area contributed by atoms with Crippen molar-refractivity contribution >= 4 is 5.91 Å². The molecule has 1 aromatic carbocycles. The first-order chi connectivity index (χ1) is 10.8. The molecule has 0 spiro atoms. The molecule has 2 N–H and O–H groups in total. The highest BCUT2D eigenvalue weighted by molar-refractivity contribution is 5.75. The molecule has 22 heavy (non-hydrogen) atoms. The fourth-order valence-corrected chi connectivity index (χ4v) is 2.71. The number of aromatic nitrogens is 1. The summed E-state index contributed by atoms with van der Waals surface area (Å²) in [4.78, 5) is 11.9. The molecule has 1 atom stereocenters. The van der Waals surface area contributed by atoms with Gasteiger partial charge in [-0.2, -0.15) is 0 Å². The van der Waals surface area contributed by atoms with Crippen LogP contribution in [0.3, 0.4) is 0 Å². The van der Waals surface area contributed by atoms with Gasteiger partial charge in [0.2, 0.25) is 5.91 Å².